The molecule has 0 aromatic heterocycles. The van der Waals surface area contributed by atoms with Crippen LogP contribution in [-0.2, 0) is 22.7 Å². The Morgan fingerprint density at radius 2 is 1.03 bits per heavy atom. The quantitative estimate of drug-likeness (QED) is 0.546. The number of hydrogen-bond acceptors (Lipinski definition) is 3. The fraction of sp³-hybridized carbons (Fsp3) is 0.222. The van der Waals surface area contributed by atoms with Gasteiger partial charge in [0.25, 0.3) is 11.8 Å². The first-order valence-corrected chi connectivity index (χ1v) is 11.1. The van der Waals surface area contributed by atoms with E-state index in [1.165, 1.54) is 4.90 Å². The highest BCUT2D eigenvalue weighted by Crippen LogP contribution is 2.37. The molecule has 2 fully saturated rings. The zero-order valence-electron chi connectivity index (χ0n) is 18.4. The lowest BCUT2D eigenvalue weighted by Gasteiger charge is -2.28. The van der Waals surface area contributed by atoms with Crippen LogP contribution in [-0.4, -0.2) is 44.6 Å². The largest absolute Gasteiger partial charge is 0.322 e. The number of benzene rings is 3. The van der Waals surface area contributed by atoms with E-state index >= 15 is 0 Å². The maximum atomic E-state index is 13.6. The summed E-state index contributed by atoms with van der Waals surface area (Å²) in [5.74, 6) is -0.637. The Bertz CT molecular complexity index is 1100. The van der Waals surface area contributed by atoms with Crippen LogP contribution in [0.3, 0.4) is 0 Å². The Kier molecular flexibility index (Phi) is 5.42. The Hall–Kier alpha value is -3.93. The first kappa shape index (κ1) is 20.9. The van der Waals surface area contributed by atoms with Gasteiger partial charge in [0, 0.05) is 13.1 Å². The third-order valence-electron chi connectivity index (χ3n) is 6.50. The zero-order valence-corrected chi connectivity index (χ0v) is 18.4. The molecule has 0 N–H and O–H groups in total. The molecule has 0 spiro atoms. The summed E-state index contributed by atoms with van der Waals surface area (Å²) in [6, 6.07) is 26.3. The van der Waals surface area contributed by atoms with Gasteiger partial charge in [0.15, 0.2) is 0 Å². The molecule has 6 heteroatoms. The number of amides is 4. The van der Waals surface area contributed by atoms with E-state index in [1.807, 2.05) is 97.9 Å². The van der Waals surface area contributed by atoms with E-state index in [-0.39, 0.29) is 30.9 Å². The van der Waals surface area contributed by atoms with Gasteiger partial charge in [0.05, 0.1) is 6.04 Å². The number of fused-ring (bicyclic) bond motifs is 1. The van der Waals surface area contributed by atoms with E-state index in [4.69, 9.17) is 0 Å². The minimum Gasteiger partial charge on any atom is -0.306 e. The molecule has 1 unspecified atom stereocenters. The molecule has 2 aliphatic rings. The SMILES string of the molecule is C[C@H](c1ccccc1)N1C(=O)C2[C@@H](C1=O)N(Cc1ccccc1)C(=O)N2Cc1ccccc1. The topological polar surface area (TPSA) is 60.9 Å². The van der Waals surface area contributed by atoms with E-state index in [2.05, 4.69) is 0 Å². The van der Waals surface area contributed by atoms with Crippen LogP contribution in [0.1, 0.15) is 29.7 Å². The number of hydrogen-bond donors (Lipinski definition) is 0. The summed E-state index contributed by atoms with van der Waals surface area (Å²) in [6.45, 7) is 2.41. The molecule has 3 aromatic rings. The average Bonchev–Trinajstić information content (AvgIpc) is 3.26. The van der Waals surface area contributed by atoms with Crippen molar-refractivity contribution >= 4 is 17.8 Å². The standard InChI is InChI=1S/C27H25N3O3/c1-19(22-15-9-4-10-16-22)30-25(31)23-24(26(30)32)29(18-21-13-7-3-8-14-21)27(33)28(23)17-20-11-5-2-6-12-20/h2-16,19,23-24H,17-18H2,1H3/t19-,23+,24?/m1/s1. The number of likely N-dealkylation sites (tertiary alicyclic amines) is 1. The molecule has 2 heterocycles. The summed E-state index contributed by atoms with van der Waals surface area (Å²) in [4.78, 5) is 45.2. The molecule has 3 aromatic carbocycles. The highest BCUT2D eigenvalue weighted by molar-refractivity contribution is 6.13. The number of urea groups is 1. The van der Waals surface area contributed by atoms with Crippen molar-refractivity contribution in [2.75, 3.05) is 0 Å². The van der Waals surface area contributed by atoms with E-state index in [1.54, 1.807) is 9.80 Å². The van der Waals surface area contributed by atoms with Crippen molar-refractivity contribution in [3.8, 4) is 0 Å². The van der Waals surface area contributed by atoms with Crippen molar-refractivity contribution in [2.24, 2.45) is 0 Å². The fourth-order valence-corrected chi connectivity index (χ4v) is 4.83. The van der Waals surface area contributed by atoms with Crippen molar-refractivity contribution in [1.82, 2.24) is 14.7 Å². The van der Waals surface area contributed by atoms with E-state index in [9.17, 15) is 14.4 Å². The third kappa shape index (κ3) is 3.67. The lowest BCUT2D eigenvalue weighted by atomic mass is 10.1. The first-order valence-electron chi connectivity index (χ1n) is 11.1. The molecule has 0 radical (unpaired) electrons. The molecule has 5 rings (SSSR count). The molecular weight excluding hydrogens is 414 g/mol. The lowest BCUT2D eigenvalue weighted by Crippen LogP contribution is -2.44. The summed E-state index contributed by atoms with van der Waals surface area (Å²) in [5.41, 5.74) is 2.72. The molecule has 166 valence electrons. The Labute approximate surface area is 193 Å². The summed E-state index contributed by atoms with van der Waals surface area (Å²) in [5, 5.41) is 0. The predicted molar refractivity (Wildman–Crippen MR) is 124 cm³/mol. The molecular formula is C27H25N3O3. The normalized spacial score (nSPS) is 21.0. The van der Waals surface area contributed by atoms with Gasteiger partial charge in [-0.3, -0.25) is 14.5 Å². The number of carbonyl (C=O) groups is 3. The predicted octanol–water partition coefficient (Wildman–Crippen LogP) is 3.99. The van der Waals surface area contributed by atoms with E-state index in [0.29, 0.717) is 0 Å². The van der Waals surface area contributed by atoms with Gasteiger partial charge in [0.2, 0.25) is 0 Å². The second-order valence-corrected chi connectivity index (χ2v) is 8.53. The highest BCUT2D eigenvalue weighted by Gasteiger charge is 2.61. The van der Waals surface area contributed by atoms with Crippen molar-refractivity contribution in [1.29, 1.82) is 0 Å². The lowest BCUT2D eigenvalue weighted by molar-refractivity contribution is -0.143. The second-order valence-electron chi connectivity index (χ2n) is 8.53. The minimum atomic E-state index is -0.833. The summed E-state index contributed by atoms with van der Waals surface area (Å²) in [6.07, 6.45) is 0. The highest BCUT2D eigenvalue weighted by atomic mass is 16.2. The monoisotopic (exact) mass is 439 g/mol. The van der Waals surface area contributed by atoms with Crippen LogP contribution in [0, 0.1) is 0 Å². The third-order valence-corrected chi connectivity index (χ3v) is 6.50. The molecule has 0 saturated carbocycles. The van der Waals surface area contributed by atoms with Gasteiger partial charge in [-0.25, -0.2) is 4.79 Å². The first-order chi connectivity index (χ1) is 16.1. The summed E-state index contributed by atoms with van der Waals surface area (Å²) < 4.78 is 0. The van der Waals surface area contributed by atoms with Crippen LogP contribution in [0.2, 0.25) is 0 Å². The van der Waals surface area contributed by atoms with Gasteiger partial charge in [-0.05, 0) is 23.6 Å². The van der Waals surface area contributed by atoms with Crippen molar-refractivity contribution in [3.63, 3.8) is 0 Å². The molecule has 4 amide bonds. The number of imide groups is 1. The number of rotatable bonds is 6. The van der Waals surface area contributed by atoms with Crippen LogP contribution in [0.5, 0.6) is 0 Å². The number of carbonyl (C=O) groups excluding carboxylic acids is 3. The van der Waals surface area contributed by atoms with Crippen LogP contribution >= 0.6 is 0 Å². The molecule has 33 heavy (non-hydrogen) atoms. The van der Waals surface area contributed by atoms with E-state index < -0.39 is 18.1 Å². The minimum absolute atomic E-state index is 0.276. The number of nitrogens with zero attached hydrogens (tertiary/aromatic N) is 3. The summed E-state index contributed by atoms with van der Waals surface area (Å²) in [7, 11) is 0. The molecule has 0 aliphatic carbocycles. The molecule has 0 bridgehead atoms. The zero-order chi connectivity index (χ0) is 22.9. The van der Waals surface area contributed by atoms with Crippen molar-refractivity contribution in [2.45, 2.75) is 38.1 Å². The maximum Gasteiger partial charge on any atom is 0.322 e. The van der Waals surface area contributed by atoms with Crippen LogP contribution in [0.15, 0.2) is 91.0 Å². The molecule has 3 atom stereocenters. The fourth-order valence-electron chi connectivity index (χ4n) is 4.83. The van der Waals surface area contributed by atoms with Gasteiger partial charge >= 0.3 is 6.03 Å². The van der Waals surface area contributed by atoms with Gasteiger partial charge in [-0.1, -0.05) is 91.0 Å². The second kappa shape index (κ2) is 8.54. The average molecular weight is 440 g/mol. The summed E-state index contributed by atoms with van der Waals surface area (Å²) >= 11 is 0. The Morgan fingerprint density at radius 1 is 0.636 bits per heavy atom. The van der Waals surface area contributed by atoms with Gasteiger partial charge in [0.1, 0.15) is 12.1 Å². The van der Waals surface area contributed by atoms with Crippen LogP contribution in [0.4, 0.5) is 4.79 Å². The molecule has 6 nitrogen and oxygen atoms in total. The van der Waals surface area contributed by atoms with Gasteiger partial charge in [-0.15, -0.1) is 0 Å². The Balaban J connectivity index is 1.51. The maximum absolute atomic E-state index is 13.6. The van der Waals surface area contributed by atoms with Gasteiger partial charge < -0.3 is 9.80 Å². The molecule has 2 saturated heterocycles. The van der Waals surface area contributed by atoms with Crippen LogP contribution < -0.4 is 0 Å². The van der Waals surface area contributed by atoms with Crippen LogP contribution in [0.25, 0.3) is 0 Å². The van der Waals surface area contributed by atoms with Crippen molar-refractivity contribution in [3.05, 3.63) is 108 Å². The smallest absolute Gasteiger partial charge is 0.306 e. The Morgan fingerprint density at radius 3 is 1.45 bits per heavy atom. The molecule has 2 aliphatic heterocycles. The van der Waals surface area contributed by atoms with Crippen molar-refractivity contribution < 1.29 is 14.4 Å². The van der Waals surface area contributed by atoms with E-state index in [0.717, 1.165) is 16.7 Å². The van der Waals surface area contributed by atoms with Gasteiger partial charge in [-0.2, -0.15) is 0 Å².